The molecule has 5 heteroatoms. The molecule has 0 N–H and O–H groups in total. The van der Waals surface area contributed by atoms with Crippen molar-refractivity contribution in [3.63, 3.8) is 0 Å². The lowest BCUT2D eigenvalue weighted by molar-refractivity contribution is -0.134. The highest BCUT2D eigenvalue weighted by Crippen LogP contribution is 2.33. The van der Waals surface area contributed by atoms with Crippen LogP contribution < -0.4 is 0 Å². The van der Waals surface area contributed by atoms with Crippen molar-refractivity contribution in [1.82, 2.24) is 0 Å². The summed E-state index contributed by atoms with van der Waals surface area (Å²) in [5.41, 5.74) is 0. The van der Waals surface area contributed by atoms with E-state index < -0.39 is 0 Å². The standard InChI is InChI=1S/C13H25BrO4/c1-10(2)9-16-5-7-17-12-8-11(14)13(12)18-6-4-15-3/h10-13H,4-9H2,1-3H3. The second-order valence-electron chi connectivity index (χ2n) is 4.96. The number of ether oxygens (including phenoxy) is 4. The maximum absolute atomic E-state index is 5.75. The Kier molecular flexibility index (Phi) is 8.42. The summed E-state index contributed by atoms with van der Waals surface area (Å²) in [5.74, 6) is 0.575. The lowest BCUT2D eigenvalue weighted by Gasteiger charge is -2.40. The quantitative estimate of drug-likeness (QED) is 0.456. The molecule has 1 fully saturated rings. The van der Waals surface area contributed by atoms with Crippen molar-refractivity contribution in [3.05, 3.63) is 0 Å². The van der Waals surface area contributed by atoms with Gasteiger partial charge in [0, 0.05) is 18.5 Å². The van der Waals surface area contributed by atoms with E-state index in [1.807, 2.05) is 0 Å². The van der Waals surface area contributed by atoms with Gasteiger partial charge in [0.15, 0.2) is 0 Å². The van der Waals surface area contributed by atoms with Crippen LogP contribution in [0.15, 0.2) is 0 Å². The zero-order valence-corrected chi connectivity index (χ0v) is 13.1. The van der Waals surface area contributed by atoms with E-state index in [9.17, 15) is 0 Å². The second kappa shape index (κ2) is 9.26. The monoisotopic (exact) mass is 324 g/mol. The number of hydrogen-bond acceptors (Lipinski definition) is 4. The topological polar surface area (TPSA) is 36.9 Å². The summed E-state index contributed by atoms with van der Waals surface area (Å²) in [6, 6.07) is 0. The number of rotatable bonds is 10. The molecule has 1 rings (SSSR count). The third-order valence-corrected chi connectivity index (χ3v) is 3.68. The van der Waals surface area contributed by atoms with E-state index in [4.69, 9.17) is 18.9 Å². The predicted octanol–water partition coefficient (Wildman–Crippen LogP) is 2.24. The Labute approximate surface area is 118 Å². The lowest BCUT2D eigenvalue weighted by Crippen LogP contribution is -2.51. The minimum atomic E-state index is 0.144. The van der Waals surface area contributed by atoms with E-state index in [1.165, 1.54) is 0 Å². The number of alkyl halides is 1. The first-order valence-corrected chi connectivity index (χ1v) is 7.50. The highest BCUT2D eigenvalue weighted by molar-refractivity contribution is 9.09. The smallest absolute Gasteiger partial charge is 0.0963 e. The Morgan fingerprint density at radius 3 is 2.44 bits per heavy atom. The molecule has 0 amide bonds. The number of hydrogen-bond donors (Lipinski definition) is 0. The average Bonchev–Trinajstić information content (AvgIpc) is 2.32. The van der Waals surface area contributed by atoms with Crippen LogP contribution in [0.3, 0.4) is 0 Å². The van der Waals surface area contributed by atoms with Crippen molar-refractivity contribution >= 4 is 15.9 Å². The summed E-state index contributed by atoms with van der Waals surface area (Å²) in [4.78, 5) is 0.399. The van der Waals surface area contributed by atoms with Gasteiger partial charge in [-0.05, 0) is 12.3 Å². The lowest BCUT2D eigenvalue weighted by atomic mass is 9.91. The van der Waals surface area contributed by atoms with Gasteiger partial charge in [-0.3, -0.25) is 0 Å². The molecule has 0 spiro atoms. The van der Waals surface area contributed by atoms with Crippen molar-refractivity contribution in [2.24, 2.45) is 5.92 Å². The molecule has 0 aromatic rings. The Hall–Kier alpha value is 0.320. The summed E-state index contributed by atoms with van der Waals surface area (Å²) in [6.07, 6.45) is 1.33. The van der Waals surface area contributed by atoms with Gasteiger partial charge in [-0.2, -0.15) is 0 Å². The van der Waals surface area contributed by atoms with Gasteiger partial charge in [-0.15, -0.1) is 0 Å². The third kappa shape index (κ3) is 5.97. The molecule has 1 aliphatic rings. The largest absolute Gasteiger partial charge is 0.382 e. The molecule has 3 atom stereocenters. The highest BCUT2D eigenvalue weighted by Gasteiger charge is 2.41. The van der Waals surface area contributed by atoms with Gasteiger partial charge < -0.3 is 18.9 Å². The molecule has 4 nitrogen and oxygen atoms in total. The average molecular weight is 325 g/mol. The molecule has 0 radical (unpaired) electrons. The van der Waals surface area contributed by atoms with E-state index in [-0.39, 0.29) is 12.2 Å². The van der Waals surface area contributed by atoms with Crippen LogP contribution in [0, 0.1) is 5.92 Å². The summed E-state index contributed by atoms with van der Waals surface area (Å²) in [6.45, 7) is 7.62. The zero-order chi connectivity index (χ0) is 13.4. The van der Waals surface area contributed by atoms with Crippen LogP contribution in [0.4, 0.5) is 0 Å². The molecular formula is C13H25BrO4. The fourth-order valence-electron chi connectivity index (χ4n) is 1.75. The minimum Gasteiger partial charge on any atom is -0.382 e. The molecule has 1 aliphatic carbocycles. The fourth-order valence-corrected chi connectivity index (χ4v) is 2.61. The first-order valence-electron chi connectivity index (χ1n) is 6.59. The van der Waals surface area contributed by atoms with Crippen molar-refractivity contribution in [2.75, 3.05) is 40.1 Å². The molecular weight excluding hydrogens is 300 g/mol. The highest BCUT2D eigenvalue weighted by atomic mass is 79.9. The first kappa shape index (κ1) is 16.4. The molecule has 3 unspecified atom stereocenters. The molecule has 1 saturated carbocycles. The normalized spacial score (nSPS) is 27.5. The summed E-state index contributed by atoms with van der Waals surface area (Å²) >= 11 is 3.58. The van der Waals surface area contributed by atoms with Gasteiger partial charge in [0.25, 0.3) is 0 Å². The van der Waals surface area contributed by atoms with E-state index >= 15 is 0 Å². The Bertz CT molecular complexity index is 213. The minimum absolute atomic E-state index is 0.144. The van der Waals surface area contributed by atoms with Gasteiger partial charge in [-0.25, -0.2) is 0 Å². The molecule has 0 aromatic heterocycles. The van der Waals surface area contributed by atoms with E-state index in [0.717, 1.165) is 13.0 Å². The van der Waals surface area contributed by atoms with E-state index in [1.54, 1.807) is 7.11 Å². The maximum atomic E-state index is 5.75. The maximum Gasteiger partial charge on any atom is 0.0963 e. The molecule has 0 saturated heterocycles. The fraction of sp³-hybridized carbons (Fsp3) is 1.00. The third-order valence-electron chi connectivity index (χ3n) is 2.79. The van der Waals surface area contributed by atoms with Gasteiger partial charge in [-0.1, -0.05) is 29.8 Å². The van der Waals surface area contributed by atoms with Crippen LogP contribution >= 0.6 is 15.9 Å². The molecule has 0 bridgehead atoms. The van der Waals surface area contributed by atoms with Crippen LogP contribution in [-0.4, -0.2) is 57.2 Å². The van der Waals surface area contributed by atoms with Crippen molar-refractivity contribution in [1.29, 1.82) is 0 Å². The Morgan fingerprint density at radius 2 is 1.83 bits per heavy atom. The molecule has 0 aliphatic heterocycles. The summed E-state index contributed by atoms with van der Waals surface area (Å²) in [5, 5.41) is 0. The van der Waals surface area contributed by atoms with Gasteiger partial charge in [0.05, 0.1) is 38.6 Å². The van der Waals surface area contributed by atoms with Crippen LogP contribution in [0.5, 0.6) is 0 Å². The molecule has 108 valence electrons. The molecule has 0 heterocycles. The molecule has 18 heavy (non-hydrogen) atoms. The first-order chi connectivity index (χ1) is 8.65. The number of methoxy groups -OCH3 is 1. The van der Waals surface area contributed by atoms with E-state index in [2.05, 4.69) is 29.8 Å². The van der Waals surface area contributed by atoms with Crippen molar-refractivity contribution < 1.29 is 18.9 Å². The summed E-state index contributed by atoms with van der Waals surface area (Å²) in [7, 11) is 1.68. The Morgan fingerprint density at radius 1 is 1.11 bits per heavy atom. The van der Waals surface area contributed by atoms with Crippen LogP contribution in [0.2, 0.25) is 0 Å². The van der Waals surface area contributed by atoms with Crippen LogP contribution in [0.25, 0.3) is 0 Å². The van der Waals surface area contributed by atoms with Crippen LogP contribution in [0.1, 0.15) is 20.3 Å². The van der Waals surface area contributed by atoms with Gasteiger partial charge in [0.1, 0.15) is 0 Å². The molecule has 0 aromatic carbocycles. The number of halogens is 1. The predicted molar refractivity (Wildman–Crippen MR) is 74.3 cm³/mol. The zero-order valence-electron chi connectivity index (χ0n) is 11.6. The van der Waals surface area contributed by atoms with Gasteiger partial charge >= 0.3 is 0 Å². The van der Waals surface area contributed by atoms with Gasteiger partial charge in [0.2, 0.25) is 0 Å². The van der Waals surface area contributed by atoms with E-state index in [0.29, 0.717) is 37.2 Å². The van der Waals surface area contributed by atoms with Crippen molar-refractivity contribution in [2.45, 2.75) is 37.3 Å². The Balaban J connectivity index is 2.03. The van der Waals surface area contributed by atoms with Crippen molar-refractivity contribution in [3.8, 4) is 0 Å². The summed E-state index contributed by atoms with van der Waals surface area (Å²) < 4.78 is 21.9. The second-order valence-corrected chi connectivity index (χ2v) is 6.13. The SMILES string of the molecule is COCCOC1C(Br)CC1OCCOCC(C)C. The van der Waals surface area contributed by atoms with Crippen LogP contribution in [-0.2, 0) is 18.9 Å².